The van der Waals surface area contributed by atoms with Gasteiger partial charge in [0.25, 0.3) is 5.91 Å². The van der Waals surface area contributed by atoms with Crippen LogP contribution in [0.25, 0.3) is 0 Å². The van der Waals surface area contributed by atoms with Crippen LogP contribution in [0.15, 0.2) is 48.5 Å². The van der Waals surface area contributed by atoms with E-state index in [2.05, 4.69) is 36.1 Å². The minimum atomic E-state index is 0.0620. The van der Waals surface area contributed by atoms with Crippen molar-refractivity contribution in [3.63, 3.8) is 0 Å². The number of aryl methyl sites for hydroxylation is 1. The highest BCUT2D eigenvalue weighted by Crippen LogP contribution is 2.21. The van der Waals surface area contributed by atoms with Gasteiger partial charge in [0.2, 0.25) is 0 Å². The van der Waals surface area contributed by atoms with E-state index < -0.39 is 0 Å². The van der Waals surface area contributed by atoms with Crippen molar-refractivity contribution in [2.24, 2.45) is 0 Å². The Balaban J connectivity index is 1.67. The highest BCUT2D eigenvalue weighted by molar-refractivity contribution is 6.30. The summed E-state index contributed by atoms with van der Waals surface area (Å²) in [5.41, 5.74) is 3.20. The molecule has 0 unspecified atom stereocenters. The molecule has 1 saturated heterocycles. The summed E-state index contributed by atoms with van der Waals surface area (Å²) in [7, 11) is 0. The number of rotatable bonds is 2. The van der Waals surface area contributed by atoms with Crippen LogP contribution in [0.4, 0.5) is 5.69 Å². The summed E-state index contributed by atoms with van der Waals surface area (Å²) in [5, 5.41) is 0.601. The monoisotopic (exact) mass is 314 g/mol. The number of hydrogen-bond acceptors (Lipinski definition) is 2. The van der Waals surface area contributed by atoms with Crippen LogP contribution >= 0.6 is 11.6 Å². The van der Waals surface area contributed by atoms with Crippen molar-refractivity contribution in [2.45, 2.75) is 6.92 Å². The Morgan fingerprint density at radius 2 is 1.73 bits per heavy atom. The van der Waals surface area contributed by atoms with Crippen LogP contribution in [0.2, 0.25) is 5.02 Å². The van der Waals surface area contributed by atoms with Crippen molar-refractivity contribution < 1.29 is 4.79 Å². The summed E-state index contributed by atoms with van der Waals surface area (Å²) in [6.45, 7) is 5.31. The smallest absolute Gasteiger partial charge is 0.254 e. The molecule has 0 spiro atoms. The van der Waals surface area contributed by atoms with Gasteiger partial charge in [-0.05, 0) is 36.8 Å². The first-order valence-electron chi connectivity index (χ1n) is 7.50. The second-order valence-corrected chi connectivity index (χ2v) is 6.01. The highest BCUT2D eigenvalue weighted by atomic mass is 35.5. The zero-order valence-electron chi connectivity index (χ0n) is 12.6. The van der Waals surface area contributed by atoms with Crippen LogP contribution in [-0.2, 0) is 0 Å². The normalized spacial score (nSPS) is 15.0. The van der Waals surface area contributed by atoms with Crippen molar-refractivity contribution in [3.05, 3.63) is 64.7 Å². The Labute approximate surface area is 136 Å². The van der Waals surface area contributed by atoms with E-state index in [0.717, 1.165) is 26.2 Å². The van der Waals surface area contributed by atoms with Gasteiger partial charge in [0.1, 0.15) is 0 Å². The van der Waals surface area contributed by atoms with E-state index in [1.54, 1.807) is 12.1 Å². The van der Waals surface area contributed by atoms with Crippen LogP contribution in [0.5, 0.6) is 0 Å². The molecule has 1 amide bonds. The average molecular weight is 315 g/mol. The van der Waals surface area contributed by atoms with Crippen LogP contribution in [0.1, 0.15) is 15.9 Å². The first-order chi connectivity index (χ1) is 10.6. The molecule has 1 aliphatic rings. The number of nitrogens with zero attached hydrogens (tertiary/aromatic N) is 2. The summed E-state index contributed by atoms with van der Waals surface area (Å²) in [5.74, 6) is 0.0620. The molecule has 0 radical (unpaired) electrons. The molecule has 0 aromatic heterocycles. The van der Waals surface area contributed by atoms with Crippen LogP contribution < -0.4 is 4.90 Å². The topological polar surface area (TPSA) is 23.6 Å². The van der Waals surface area contributed by atoms with Gasteiger partial charge in [-0.1, -0.05) is 35.9 Å². The first-order valence-corrected chi connectivity index (χ1v) is 7.88. The van der Waals surface area contributed by atoms with Gasteiger partial charge in [-0.3, -0.25) is 4.79 Å². The molecule has 2 aromatic carbocycles. The summed E-state index contributed by atoms with van der Waals surface area (Å²) in [6.07, 6.45) is 0. The number of hydrogen-bond donors (Lipinski definition) is 0. The molecule has 0 N–H and O–H groups in total. The molecule has 3 rings (SSSR count). The standard InChI is InChI=1S/C18H19ClN2O/c1-14-5-2-3-8-17(14)20-9-11-21(12-10-20)18(22)15-6-4-7-16(19)13-15/h2-8,13H,9-12H2,1H3. The molecular weight excluding hydrogens is 296 g/mol. The number of amides is 1. The molecule has 0 bridgehead atoms. The summed E-state index contributed by atoms with van der Waals surface area (Å²) >= 11 is 5.97. The molecule has 3 nitrogen and oxygen atoms in total. The van der Waals surface area contributed by atoms with E-state index in [1.165, 1.54) is 11.3 Å². The minimum Gasteiger partial charge on any atom is -0.368 e. The second-order valence-electron chi connectivity index (χ2n) is 5.58. The molecule has 1 fully saturated rings. The second kappa shape index (κ2) is 6.41. The van der Waals surface area contributed by atoms with E-state index in [9.17, 15) is 4.79 Å². The van der Waals surface area contributed by atoms with Gasteiger partial charge >= 0.3 is 0 Å². The quantitative estimate of drug-likeness (QED) is 0.845. The molecule has 1 heterocycles. The predicted molar refractivity (Wildman–Crippen MR) is 90.7 cm³/mol. The molecule has 114 valence electrons. The van der Waals surface area contributed by atoms with E-state index in [-0.39, 0.29) is 5.91 Å². The van der Waals surface area contributed by atoms with Crippen molar-refractivity contribution in [3.8, 4) is 0 Å². The number of piperazine rings is 1. The fourth-order valence-corrected chi connectivity index (χ4v) is 3.06. The third kappa shape index (κ3) is 3.09. The van der Waals surface area contributed by atoms with Crippen molar-refractivity contribution >= 4 is 23.2 Å². The van der Waals surface area contributed by atoms with Crippen LogP contribution in [0, 0.1) is 6.92 Å². The highest BCUT2D eigenvalue weighted by Gasteiger charge is 2.22. The Morgan fingerprint density at radius 1 is 1.00 bits per heavy atom. The van der Waals surface area contributed by atoms with E-state index in [0.29, 0.717) is 10.6 Å². The van der Waals surface area contributed by atoms with E-state index >= 15 is 0 Å². The van der Waals surface area contributed by atoms with Crippen LogP contribution in [0.3, 0.4) is 0 Å². The molecule has 0 saturated carbocycles. The zero-order valence-corrected chi connectivity index (χ0v) is 13.4. The maximum absolute atomic E-state index is 12.5. The third-order valence-corrected chi connectivity index (χ3v) is 4.33. The molecule has 4 heteroatoms. The lowest BCUT2D eigenvalue weighted by Crippen LogP contribution is -2.49. The molecule has 22 heavy (non-hydrogen) atoms. The number of benzene rings is 2. The maximum Gasteiger partial charge on any atom is 0.254 e. The predicted octanol–water partition coefficient (Wildman–Crippen LogP) is 3.61. The first kappa shape index (κ1) is 14.9. The fourth-order valence-electron chi connectivity index (χ4n) is 2.87. The SMILES string of the molecule is Cc1ccccc1N1CCN(C(=O)c2cccc(Cl)c2)CC1. The fraction of sp³-hybridized carbons (Fsp3) is 0.278. The number of carbonyl (C=O) groups is 1. The number of anilines is 1. The Morgan fingerprint density at radius 3 is 2.41 bits per heavy atom. The summed E-state index contributed by atoms with van der Waals surface area (Å²) < 4.78 is 0. The van der Waals surface area contributed by atoms with Gasteiger partial charge in [0.15, 0.2) is 0 Å². The van der Waals surface area contributed by atoms with Crippen LogP contribution in [-0.4, -0.2) is 37.0 Å². The Bertz CT molecular complexity index is 678. The molecular formula is C18H19ClN2O. The van der Waals surface area contributed by atoms with Gasteiger partial charge in [-0.25, -0.2) is 0 Å². The zero-order chi connectivity index (χ0) is 15.5. The number of para-hydroxylation sites is 1. The average Bonchev–Trinajstić information content (AvgIpc) is 2.55. The lowest BCUT2D eigenvalue weighted by Gasteiger charge is -2.36. The van der Waals surface area contributed by atoms with Crippen molar-refractivity contribution in [1.29, 1.82) is 0 Å². The number of halogens is 1. The summed E-state index contributed by atoms with van der Waals surface area (Å²) in [4.78, 5) is 16.8. The van der Waals surface area contributed by atoms with Gasteiger partial charge in [-0.2, -0.15) is 0 Å². The van der Waals surface area contributed by atoms with E-state index in [1.807, 2.05) is 17.0 Å². The van der Waals surface area contributed by atoms with Gasteiger partial charge < -0.3 is 9.80 Å². The van der Waals surface area contributed by atoms with Crippen molar-refractivity contribution in [1.82, 2.24) is 4.90 Å². The van der Waals surface area contributed by atoms with E-state index in [4.69, 9.17) is 11.6 Å². The lowest BCUT2D eigenvalue weighted by atomic mass is 10.1. The minimum absolute atomic E-state index is 0.0620. The maximum atomic E-state index is 12.5. The largest absolute Gasteiger partial charge is 0.368 e. The Kier molecular flexibility index (Phi) is 4.34. The molecule has 1 aliphatic heterocycles. The van der Waals surface area contributed by atoms with Gasteiger partial charge in [0, 0.05) is 42.5 Å². The molecule has 0 aliphatic carbocycles. The lowest BCUT2D eigenvalue weighted by molar-refractivity contribution is 0.0747. The third-order valence-electron chi connectivity index (χ3n) is 4.09. The number of carbonyl (C=O) groups excluding carboxylic acids is 1. The van der Waals surface area contributed by atoms with Gasteiger partial charge in [0.05, 0.1) is 0 Å². The Hall–Kier alpha value is -2.00. The van der Waals surface area contributed by atoms with Gasteiger partial charge in [-0.15, -0.1) is 0 Å². The summed E-state index contributed by atoms with van der Waals surface area (Å²) in [6, 6.07) is 15.5. The van der Waals surface area contributed by atoms with Crippen molar-refractivity contribution in [2.75, 3.05) is 31.1 Å². The molecule has 0 atom stereocenters. The molecule has 2 aromatic rings.